The number of ether oxygens (including phenoxy) is 1. The van der Waals surface area contributed by atoms with Crippen LogP contribution in [0, 0.1) is 11.6 Å². The highest BCUT2D eigenvalue weighted by atomic mass is 19.1. The molecule has 1 amide bonds. The minimum atomic E-state index is -0.880. The maximum Gasteiger partial charge on any atom is 0.295 e. The molecule has 2 heterocycles. The normalized spacial score (nSPS) is 15.0. The lowest BCUT2D eigenvalue weighted by molar-refractivity contribution is 0.0971. The first-order valence-corrected chi connectivity index (χ1v) is 10.2. The van der Waals surface area contributed by atoms with Crippen molar-refractivity contribution in [2.24, 2.45) is 0 Å². The molecule has 1 aliphatic heterocycles. The van der Waals surface area contributed by atoms with Crippen molar-refractivity contribution in [3.63, 3.8) is 0 Å². The lowest BCUT2D eigenvalue weighted by atomic mass is 9.98. The summed E-state index contributed by atoms with van der Waals surface area (Å²) in [4.78, 5) is 28.3. The average Bonchev–Trinajstić information content (AvgIpc) is 3.11. The van der Waals surface area contributed by atoms with Gasteiger partial charge in [-0.05, 0) is 60.2 Å². The summed E-state index contributed by atoms with van der Waals surface area (Å²) in [7, 11) is 0. The molecule has 0 radical (unpaired) electrons. The first-order valence-electron chi connectivity index (χ1n) is 10.2. The topological polar surface area (TPSA) is 59.8 Å². The number of halogens is 2. The number of carbonyl (C=O) groups excluding carboxylic acids is 1. The third-order valence-electron chi connectivity index (χ3n) is 5.48. The van der Waals surface area contributed by atoms with Crippen LogP contribution < -0.4 is 15.1 Å². The predicted molar refractivity (Wildman–Crippen MR) is 120 cm³/mol. The van der Waals surface area contributed by atoms with Gasteiger partial charge in [0.1, 0.15) is 29.6 Å². The number of hydrogen-bond acceptors (Lipinski definition) is 4. The molecule has 0 spiro atoms. The Hall–Kier alpha value is -4.26. The molecule has 0 saturated heterocycles. The molecule has 1 aliphatic rings. The summed E-state index contributed by atoms with van der Waals surface area (Å²) in [5.74, 6) is -1.22. The summed E-state index contributed by atoms with van der Waals surface area (Å²) in [5.41, 5.74) is 0.645. The minimum Gasteiger partial charge on any atom is -0.490 e. The van der Waals surface area contributed by atoms with Gasteiger partial charge in [0, 0.05) is 5.69 Å². The van der Waals surface area contributed by atoms with E-state index in [0.29, 0.717) is 17.0 Å². The van der Waals surface area contributed by atoms with Crippen LogP contribution in [0.5, 0.6) is 5.75 Å². The highest BCUT2D eigenvalue weighted by molar-refractivity contribution is 6.10. The first-order chi connectivity index (χ1) is 16.0. The standard InChI is InChI=1S/C26H17F2NO4/c1-2-12-32-19-5-3-4-15(13-19)23-22-24(30)20-14-17(28)8-11-21(20)33-25(22)26(31)29(23)18-9-6-16(27)7-10-18/h2-11,13-14,23H,1,12H2. The second-order valence-corrected chi connectivity index (χ2v) is 7.54. The van der Waals surface area contributed by atoms with Gasteiger partial charge in [0.25, 0.3) is 5.91 Å². The monoisotopic (exact) mass is 445 g/mol. The van der Waals surface area contributed by atoms with Crippen LogP contribution >= 0.6 is 0 Å². The van der Waals surface area contributed by atoms with Crippen LogP contribution in [0.2, 0.25) is 0 Å². The largest absolute Gasteiger partial charge is 0.490 e. The zero-order chi connectivity index (χ0) is 23.1. The average molecular weight is 445 g/mol. The van der Waals surface area contributed by atoms with E-state index in [1.54, 1.807) is 30.3 Å². The lowest BCUT2D eigenvalue weighted by Crippen LogP contribution is -2.29. The Morgan fingerprint density at radius 3 is 2.52 bits per heavy atom. The minimum absolute atomic E-state index is 0.0339. The van der Waals surface area contributed by atoms with E-state index >= 15 is 0 Å². The number of benzene rings is 3. The van der Waals surface area contributed by atoms with Crippen LogP contribution in [-0.4, -0.2) is 12.5 Å². The van der Waals surface area contributed by atoms with E-state index in [1.165, 1.54) is 35.2 Å². The lowest BCUT2D eigenvalue weighted by Gasteiger charge is -2.25. The van der Waals surface area contributed by atoms with Crippen molar-refractivity contribution in [3.8, 4) is 5.75 Å². The van der Waals surface area contributed by atoms with Gasteiger partial charge in [0.2, 0.25) is 5.76 Å². The quantitative estimate of drug-likeness (QED) is 0.387. The number of nitrogens with zero attached hydrogens (tertiary/aromatic N) is 1. The summed E-state index contributed by atoms with van der Waals surface area (Å²) >= 11 is 0. The molecule has 164 valence electrons. The molecule has 0 fully saturated rings. The maximum absolute atomic E-state index is 13.9. The van der Waals surface area contributed by atoms with Crippen molar-refractivity contribution in [2.75, 3.05) is 11.5 Å². The summed E-state index contributed by atoms with van der Waals surface area (Å²) in [5, 5.41) is 0.0339. The van der Waals surface area contributed by atoms with Gasteiger partial charge >= 0.3 is 0 Å². The third kappa shape index (κ3) is 3.47. The van der Waals surface area contributed by atoms with E-state index in [0.717, 1.165) is 12.1 Å². The predicted octanol–water partition coefficient (Wildman–Crippen LogP) is 5.39. The van der Waals surface area contributed by atoms with Crippen molar-refractivity contribution in [2.45, 2.75) is 6.04 Å². The van der Waals surface area contributed by atoms with E-state index < -0.39 is 29.0 Å². The van der Waals surface area contributed by atoms with E-state index in [2.05, 4.69) is 6.58 Å². The summed E-state index contributed by atoms with van der Waals surface area (Å²) < 4.78 is 38.9. The van der Waals surface area contributed by atoms with Crippen molar-refractivity contribution < 1.29 is 22.7 Å². The Morgan fingerprint density at radius 1 is 1.00 bits per heavy atom. The van der Waals surface area contributed by atoms with Gasteiger partial charge in [-0.1, -0.05) is 24.8 Å². The molecular formula is C26H17F2NO4. The van der Waals surface area contributed by atoms with Crippen molar-refractivity contribution >= 4 is 22.6 Å². The van der Waals surface area contributed by atoms with Gasteiger partial charge < -0.3 is 9.15 Å². The summed E-state index contributed by atoms with van der Waals surface area (Å²) in [6.45, 7) is 3.90. The molecule has 5 rings (SSSR count). The highest BCUT2D eigenvalue weighted by Gasteiger charge is 2.43. The number of rotatable bonds is 5. The number of hydrogen-bond donors (Lipinski definition) is 0. The fraction of sp³-hybridized carbons (Fsp3) is 0.0769. The van der Waals surface area contributed by atoms with Gasteiger partial charge in [0.05, 0.1) is 17.0 Å². The van der Waals surface area contributed by atoms with Crippen molar-refractivity contribution in [1.82, 2.24) is 0 Å². The molecule has 3 aromatic carbocycles. The van der Waals surface area contributed by atoms with Gasteiger partial charge in [0.15, 0.2) is 5.43 Å². The molecule has 0 saturated carbocycles. The SMILES string of the molecule is C=CCOc1cccc(C2c3c(oc4ccc(F)cc4c3=O)C(=O)N2c2ccc(F)cc2)c1. The Balaban J connectivity index is 1.76. The molecule has 0 bridgehead atoms. The highest BCUT2D eigenvalue weighted by Crippen LogP contribution is 2.41. The summed E-state index contributed by atoms with van der Waals surface area (Å²) in [6, 6.07) is 15.0. The fourth-order valence-corrected chi connectivity index (χ4v) is 4.06. The zero-order valence-corrected chi connectivity index (χ0v) is 17.3. The van der Waals surface area contributed by atoms with Gasteiger partial charge in [-0.25, -0.2) is 8.78 Å². The molecule has 1 atom stereocenters. The van der Waals surface area contributed by atoms with Crippen LogP contribution in [0.15, 0.2) is 88.6 Å². The van der Waals surface area contributed by atoms with Crippen LogP contribution in [0.25, 0.3) is 11.0 Å². The number of fused-ring (bicyclic) bond motifs is 2. The van der Waals surface area contributed by atoms with E-state index in [1.807, 2.05) is 0 Å². The van der Waals surface area contributed by atoms with Gasteiger partial charge in [-0.15, -0.1) is 0 Å². The second-order valence-electron chi connectivity index (χ2n) is 7.54. The Morgan fingerprint density at radius 2 is 1.76 bits per heavy atom. The molecule has 0 N–H and O–H groups in total. The van der Waals surface area contributed by atoms with Crippen molar-refractivity contribution in [3.05, 3.63) is 118 Å². The Bertz CT molecular complexity index is 1460. The van der Waals surface area contributed by atoms with Crippen LogP contribution in [0.1, 0.15) is 27.7 Å². The Labute approximate surface area is 187 Å². The smallest absolute Gasteiger partial charge is 0.295 e. The molecule has 33 heavy (non-hydrogen) atoms. The van der Waals surface area contributed by atoms with Crippen LogP contribution in [0.3, 0.4) is 0 Å². The zero-order valence-electron chi connectivity index (χ0n) is 17.3. The van der Waals surface area contributed by atoms with E-state index in [-0.39, 0.29) is 28.9 Å². The van der Waals surface area contributed by atoms with Gasteiger partial charge in [-0.3, -0.25) is 14.5 Å². The van der Waals surface area contributed by atoms with Crippen LogP contribution in [-0.2, 0) is 0 Å². The van der Waals surface area contributed by atoms with Crippen LogP contribution in [0.4, 0.5) is 14.5 Å². The first kappa shape index (κ1) is 20.6. The molecule has 0 aliphatic carbocycles. The number of anilines is 1. The van der Waals surface area contributed by atoms with E-state index in [4.69, 9.17) is 9.15 Å². The number of carbonyl (C=O) groups is 1. The third-order valence-corrected chi connectivity index (χ3v) is 5.48. The molecule has 1 unspecified atom stereocenters. The maximum atomic E-state index is 13.9. The molecule has 5 nitrogen and oxygen atoms in total. The summed E-state index contributed by atoms with van der Waals surface area (Å²) in [6.07, 6.45) is 1.60. The number of amides is 1. The molecule has 4 aromatic rings. The fourth-order valence-electron chi connectivity index (χ4n) is 4.06. The Kier molecular flexibility index (Phi) is 5.01. The molecule has 7 heteroatoms. The van der Waals surface area contributed by atoms with Gasteiger partial charge in [-0.2, -0.15) is 0 Å². The van der Waals surface area contributed by atoms with Crippen molar-refractivity contribution in [1.29, 1.82) is 0 Å². The second kappa shape index (κ2) is 8.02. The van der Waals surface area contributed by atoms with E-state index in [9.17, 15) is 18.4 Å². The molecular weight excluding hydrogens is 428 g/mol. The molecule has 1 aromatic heterocycles.